The van der Waals surface area contributed by atoms with E-state index in [2.05, 4.69) is 21.7 Å². The molecule has 6 heteroatoms. The predicted octanol–water partition coefficient (Wildman–Crippen LogP) is 4.60. The maximum absolute atomic E-state index is 12.2. The van der Waals surface area contributed by atoms with E-state index in [-0.39, 0.29) is 5.91 Å². The highest BCUT2D eigenvalue weighted by atomic mass is 35.5. The van der Waals surface area contributed by atoms with E-state index < -0.39 is 0 Å². The molecule has 2 aromatic carbocycles. The molecule has 3 aromatic rings. The summed E-state index contributed by atoms with van der Waals surface area (Å²) in [6.45, 7) is 0. The molecule has 1 heterocycles. The summed E-state index contributed by atoms with van der Waals surface area (Å²) in [6.07, 6.45) is 1.61. The van der Waals surface area contributed by atoms with E-state index in [1.807, 2.05) is 12.1 Å². The maximum atomic E-state index is 12.2. The molecule has 0 aliphatic heterocycles. The van der Waals surface area contributed by atoms with Crippen molar-refractivity contribution in [3.8, 4) is 6.07 Å². The molecule has 3 rings (SSSR count). The zero-order valence-electron chi connectivity index (χ0n) is 13.0. The molecule has 25 heavy (non-hydrogen) atoms. The summed E-state index contributed by atoms with van der Waals surface area (Å²) >= 11 is 6.01. The number of rotatable bonds is 4. The predicted molar refractivity (Wildman–Crippen MR) is 98.1 cm³/mol. The van der Waals surface area contributed by atoms with Crippen molar-refractivity contribution in [3.05, 3.63) is 83.0 Å². The van der Waals surface area contributed by atoms with Crippen LogP contribution in [-0.4, -0.2) is 10.9 Å². The van der Waals surface area contributed by atoms with Crippen molar-refractivity contribution in [2.24, 2.45) is 0 Å². The van der Waals surface area contributed by atoms with Crippen LogP contribution in [0.2, 0.25) is 5.02 Å². The van der Waals surface area contributed by atoms with Crippen LogP contribution < -0.4 is 10.6 Å². The fourth-order valence-corrected chi connectivity index (χ4v) is 2.39. The van der Waals surface area contributed by atoms with Crippen LogP contribution in [0.3, 0.4) is 0 Å². The zero-order chi connectivity index (χ0) is 17.6. The minimum Gasteiger partial charge on any atom is -0.354 e. The van der Waals surface area contributed by atoms with E-state index >= 15 is 0 Å². The number of halogens is 1. The molecule has 0 saturated carbocycles. The van der Waals surface area contributed by atoms with Gasteiger partial charge < -0.3 is 10.6 Å². The largest absolute Gasteiger partial charge is 0.354 e. The van der Waals surface area contributed by atoms with Crippen LogP contribution in [-0.2, 0) is 0 Å². The van der Waals surface area contributed by atoms with E-state index in [1.165, 1.54) is 0 Å². The van der Waals surface area contributed by atoms with Gasteiger partial charge in [0.2, 0.25) is 0 Å². The first kappa shape index (κ1) is 16.5. The Morgan fingerprint density at radius 2 is 1.72 bits per heavy atom. The first-order chi connectivity index (χ1) is 12.2. The average molecular weight is 349 g/mol. The van der Waals surface area contributed by atoms with Crippen molar-refractivity contribution < 1.29 is 4.79 Å². The van der Waals surface area contributed by atoms with Crippen LogP contribution in [0.4, 0.5) is 17.2 Å². The van der Waals surface area contributed by atoms with E-state index in [0.29, 0.717) is 22.0 Å². The van der Waals surface area contributed by atoms with Crippen molar-refractivity contribution >= 4 is 34.7 Å². The number of nitrogens with one attached hydrogen (secondary N) is 2. The van der Waals surface area contributed by atoms with Gasteiger partial charge in [0, 0.05) is 5.69 Å². The van der Waals surface area contributed by atoms with Crippen molar-refractivity contribution in [1.29, 1.82) is 5.26 Å². The van der Waals surface area contributed by atoms with E-state index in [9.17, 15) is 4.79 Å². The first-order valence-electron chi connectivity index (χ1n) is 7.45. The van der Waals surface area contributed by atoms with Gasteiger partial charge in [-0.3, -0.25) is 4.79 Å². The number of amides is 1. The summed E-state index contributed by atoms with van der Waals surface area (Å²) in [5.41, 5.74) is 2.60. The number of carbonyl (C=O) groups is 1. The molecule has 1 aromatic heterocycles. The van der Waals surface area contributed by atoms with Gasteiger partial charge >= 0.3 is 0 Å². The Morgan fingerprint density at radius 1 is 1.00 bits per heavy atom. The SMILES string of the molecule is N#Cc1ccc(Nc2ccc(NC(=O)c3ccccc3Cl)nc2)cc1. The number of nitrogens with zero attached hydrogens (tertiary/aromatic N) is 2. The van der Waals surface area contributed by atoms with E-state index in [4.69, 9.17) is 16.9 Å². The Kier molecular flexibility index (Phi) is 4.93. The molecule has 1 amide bonds. The molecule has 0 aliphatic carbocycles. The van der Waals surface area contributed by atoms with Crippen molar-refractivity contribution in [1.82, 2.24) is 4.98 Å². The molecule has 0 spiro atoms. The molecule has 0 aliphatic rings. The molecule has 122 valence electrons. The number of hydrogen-bond acceptors (Lipinski definition) is 4. The summed E-state index contributed by atoms with van der Waals surface area (Å²) in [5, 5.41) is 15.1. The molecular weight excluding hydrogens is 336 g/mol. The molecule has 5 nitrogen and oxygen atoms in total. The molecule has 2 N–H and O–H groups in total. The summed E-state index contributed by atoms with van der Waals surface area (Å²) in [5.74, 6) is 0.112. The number of hydrogen-bond donors (Lipinski definition) is 2. The van der Waals surface area contributed by atoms with E-state index in [0.717, 1.165) is 11.4 Å². The van der Waals surface area contributed by atoms with Crippen LogP contribution in [0.15, 0.2) is 66.9 Å². The quantitative estimate of drug-likeness (QED) is 0.722. The number of benzene rings is 2. The minimum atomic E-state index is -0.314. The fourth-order valence-electron chi connectivity index (χ4n) is 2.17. The lowest BCUT2D eigenvalue weighted by Gasteiger charge is -2.08. The summed E-state index contributed by atoms with van der Waals surface area (Å²) < 4.78 is 0. The number of aromatic nitrogens is 1. The highest BCUT2D eigenvalue weighted by molar-refractivity contribution is 6.34. The number of anilines is 3. The second-order valence-electron chi connectivity index (χ2n) is 5.18. The van der Waals surface area contributed by atoms with Crippen molar-refractivity contribution in [2.45, 2.75) is 0 Å². The summed E-state index contributed by atoms with van der Waals surface area (Å²) in [4.78, 5) is 16.4. The van der Waals surface area contributed by atoms with Gasteiger partial charge in [0.15, 0.2) is 0 Å². The fraction of sp³-hybridized carbons (Fsp3) is 0. The highest BCUT2D eigenvalue weighted by Gasteiger charge is 2.10. The van der Waals surface area contributed by atoms with Gasteiger partial charge in [0.05, 0.1) is 34.1 Å². The lowest BCUT2D eigenvalue weighted by atomic mass is 10.2. The monoisotopic (exact) mass is 348 g/mol. The minimum absolute atomic E-state index is 0.314. The summed E-state index contributed by atoms with van der Waals surface area (Å²) in [6, 6.07) is 19.5. The number of pyridine rings is 1. The topological polar surface area (TPSA) is 77.8 Å². The maximum Gasteiger partial charge on any atom is 0.258 e. The molecule has 0 fully saturated rings. The van der Waals surface area contributed by atoms with Gasteiger partial charge in [-0.15, -0.1) is 0 Å². The molecule has 0 bridgehead atoms. The Bertz CT molecular complexity index is 931. The van der Waals surface area contributed by atoms with Gasteiger partial charge in [-0.05, 0) is 48.5 Å². The lowest BCUT2D eigenvalue weighted by Crippen LogP contribution is -2.13. The molecule has 0 radical (unpaired) electrons. The lowest BCUT2D eigenvalue weighted by molar-refractivity contribution is 0.102. The highest BCUT2D eigenvalue weighted by Crippen LogP contribution is 2.19. The van der Waals surface area contributed by atoms with Crippen LogP contribution in [0.25, 0.3) is 0 Å². The number of nitriles is 1. The zero-order valence-corrected chi connectivity index (χ0v) is 13.8. The van der Waals surface area contributed by atoms with Gasteiger partial charge in [0.1, 0.15) is 5.82 Å². The normalized spacial score (nSPS) is 9.92. The first-order valence-corrected chi connectivity index (χ1v) is 7.82. The Labute approximate surface area is 149 Å². The third kappa shape index (κ3) is 4.14. The summed E-state index contributed by atoms with van der Waals surface area (Å²) in [7, 11) is 0. The Morgan fingerprint density at radius 3 is 2.36 bits per heavy atom. The molecule has 0 unspecified atom stereocenters. The third-order valence-electron chi connectivity index (χ3n) is 3.43. The van der Waals surface area contributed by atoms with Crippen LogP contribution in [0, 0.1) is 11.3 Å². The van der Waals surface area contributed by atoms with Crippen LogP contribution in [0.1, 0.15) is 15.9 Å². The van der Waals surface area contributed by atoms with E-state index in [1.54, 1.807) is 54.7 Å². The number of carbonyl (C=O) groups excluding carboxylic acids is 1. The average Bonchev–Trinajstić information content (AvgIpc) is 2.64. The van der Waals surface area contributed by atoms with Gasteiger partial charge in [-0.1, -0.05) is 23.7 Å². The smallest absolute Gasteiger partial charge is 0.258 e. The molecule has 0 saturated heterocycles. The third-order valence-corrected chi connectivity index (χ3v) is 3.76. The van der Waals surface area contributed by atoms with Crippen LogP contribution >= 0.6 is 11.6 Å². The Balaban J connectivity index is 1.67. The molecule has 0 atom stereocenters. The van der Waals surface area contributed by atoms with Crippen molar-refractivity contribution in [2.75, 3.05) is 10.6 Å². The standard InChI is InChI=1S/C19H13ClN4O/c20-17-4-2-1-3-16(17)19(25)24-18-10-9-15(12-22-18)23-14-7-5-13(11-21)6-8-14/h1-10,12,23H,(H,22,24,25). The Hall–Kier alpha value is -3.36. The van der Waals surface area contributed by atoms with Crippen molar-refractivity contribution in [3.63, 3.8) is 0 Å². The molecular formula is C19H13ClN4O. The second kappa shape index (κ2) is 7.47. The van der Waals surface area contributed by atoms with Crippen LogP contribution in [0.5, 0.6) is 0 Å². The van der Waals surface area contributed by atoms with Gasteiger partial charge in [0.25, 0.3) is 5.91 Å². The van der Waals surface area contributed by atoms with Gasteiger partial charge in [-0.2, -0.15) is 5.26 Å². The van der Waals surface area contributed by atoms with Gasteiger partial charge in [-0.25, -0.2) is 4.98 Å². The second-order valence-corrected chi connectivity index (χ2v) is 5.59.